The normalized spacial score (nSPS) is 14.0. The topological polar surface area (TPSA) is 67.4 Å². The number of nitrogens with one attached hydrogen (secondary N) is 2. The molecule has 2 N–H and O–H groups in total. The molecule has 5 heteroatoms. The number of ether oxygens (including phenoxy) is 1. The fraction of sp³-hybridized carbons (Fsp3) is 0.364. The van der Waals surface area contributed by atoms with E-state index in [0.717, 1.165) is 18.6 Å². The predicted molar refractivity (Wildman–Crippen MR) is 107 cm³/mol. The van der Waals surface area contributed by atoms with E-state index in [0.29, 0.717) is 17.8 Å². The highest BCUT2D eigenvalue weighted by Crippen LogP contribution is 2.26. The number of benzene rings is 2. The van der Waals surface area contributed by atoms with Crippen molar-refractivity contribution in [2.75, 3.05) is 10.6 Å². The largest absolute Gasteiger partial charge is 0.481 e. The number of hydrogen-bond donors (Lipinski definition) is 2. The number of rotatable bonds is 6. The van der Waals surface area contributed by atoms with Crippen LogP contribution in [0.4, 0.5) is 11.4 Å². The molecule has 0 aromatic heterocycles. The maximum absolute atomic E-state index is 12.6. The summed E-state index contributed by atoms with van der Waals surface area (Å²) < 4.78 is 5.98. The van der Waals surface area contributed by atoms with Crippen LogP contribution in [0.3, 0.4) is 0 Å². The van der Waals surface area contributed by atoms with Crippen LogP contribution in [0.15, 0.2) is 42.5 Å². The fourth-order valence-electron chi connectivity index (χ4n) is 3.37. The quantitative estimate of drug-likeness (QED) is 0.800. The third kappa shape index (κ3) is 5.09. The molecule has 0 saturated heterocycles. The van der Waals surface area contributed by atoms with E-state index >= 15 is 0 Å². The summed E-state index contributed by atoms with van der Waals surface area (Å²) in [4.78, 5) is 23.8. The molecule has 142 valence electrons. The van der Waals surface area contributed by atoms with Crippen LogP contribution in [-0.4, -0.2) is 17.9 Å². The van der Waals surface area contributed by atoms with Gasteiger partial charge in [-0.3, -0.25) is 9.59 Å². The highest BCUT2D eigenvalue weighted by Gasteiger charge is 2.20. The van der Waals surface area contributed by atoms with Crippen molar-refractivity contribution >= 4 is 23.2 Å². The van der Waals surface area contributed by atoms with Gasteiger partial charge >= 0.3 is 0 Å². The number of amides is 2. The summed E-state index contributed by atoms with van der Waals surface area (Å²) in [6.07, 6.45) is 4.64. The van der Waals surface area contributed by atoms with Crippen molar-refractivity contribution in [3.8, 4) is 5.75 Å². The SMILES string of the molecule is CCC(Oc1ccc2c(c1)CCCC2)C(=O)Nc1cccc(NC(C)=O)c1. The molecule has 1 aliphatic rings. The molecular weight excluding hydrogens is 340 g/mol. The predicted octanol–water partition coefficient (Wildman–Crippen LogP) is 4.32. The Labute approximate surface area is 160 Å². The first-order chi connectivity index (χ1) is 13.0. The third-order valence-electron chi connectivity index (χ3n) is 4.71. The van der Waals surface area contributed by atoms with E-state index in [4.69, 9.17) is 4.74 Å². The Kier molecular flexibility index (Phi) is 6.12. The molecule has 3 rings (SSSR count). The van der Waals surface area contributed by atoms with E-state index in [-0.39, 0.29) is 11.8 Å². The van der Waals surface area contributed by atoms with Crippen LogP contribution in [0.2, 0.25) is 0 Å². The van der Waals surface area contributed by atoms with Crippen molar-refractivity contribution in [1.82, 2.24) is 0 Å². The van der Waals surface area contributed by atoms with E-state index in [9.17, 15) is 9.59 Å². The van der Waals surface area contributed by atoms with Gasteiger partial charge in [0, 0.05) is 18.3 Å². The Morgan fingerprint density at radius 1 is 1.00 bits per heavy atom. The first kappa shape index (κ1) is 19.0. The van der Waals surface area contributed by atoms with Gasteiger partial charge in [-0.1, -0.05) is 19.1 Å². The van der Waals surface area contributed by atoms with Gasteiger partial charge in [-0.2, -0.15) is 0 Å². The molecule has 1 unspecified atom stereocenters. The van der Waals surface area contributed by atoms with Crippen LogP contribution in [0.5, 0.6) is 5.75 Å². The molecular formula is C22H26N2O3. The molecule has 0 heterocycles. The summed E-state index contributed by atoms with van der Waals surface area (Å²) in [5.41, 5.74) is 3.99. The van der Waals surface area contributed by atoms with Crippen LogP contribution in [0.1, 0.15) is 44.2 Å². The first-order valence-corrected chi connectivity index (χ1v) is 9.52. The summed E-state index contributed by atoms with van der Waals surface area (Å²) in [5, 5.41) is 5.58. The van der Waals surface area contributed by atoms with Crippen molar-refractivity contribution in [2.24, 2.45) is 0 Å². The fourth-order valence-corrected chi connectivity index (χ4v) is 3.37. The van der Waals surface area contributed by atoms with Crippen molar-refractivity contribution in [2.45, 2.75) is 52.1 Å². The molecule has 0 fully saturated rings. The lowest BCUT2D eigenvalue weighted by Crippen LogP contribution is -2.32. The molecule has 0 aliphatic heterocycles. The van der Waals surface area contributed by atoms with Gasteiger partial charge in [0.15, 0.2) is 6.10 Å². The molecule has 27 heavy (non-hydrogen) atoms. The zero-order valence-electron chi connectivity index (χ0n) is 15.9. The van der Waals surface area contributed by atoms with Crippen molar-refractivity contribution in [3.63, 3.8) is 0 Å². The molecule has 1 atom stereocenters. The Morgan fingerprint density at radius 3 is 2.41 bits per heavy atom. The number of fused-ring (bicyclic) bond motifs is 1. The van der Waals surface area contributed by atoms with E-state index in [1.807, 2.05) is 13.0 Å². The number of carbonyl (C=O) groups excluding carboxylic acids is 2. The molecule has 0 saturated carbocycles. The second-order valence-electron chi connectivity index (χ2n) is 6.90. The second-order valence-corrected chi connectivity index (χ2v) is 6.90. The summed E-state index contributed by atoms with van der Waals surface area (Å²) in [6, 6.07) is 13.2. The summed E-state index contributed by atoms with van der Waals surface area (Å²) in [5.74, 6) is 0.389. The lowest BCUT2D eigenvalue weighted by Gasteiger charge is -2.20. The van der Waals surface area contributed by atoms with Gasteiger partial charge in [0.25, 0.3) is 5.91 Å². The van der Waals surface area contributed by atoms with Gasteiger partial charge in [-0.05, 0) is 73.6 Å². The van der Waals surface area contributed by atoms with Gasteiger partial charge in [-0.15, -0.1) is 0 Å². The summed E-state index contributed by atoms with van der Waals surface area (Å²) >= 11 is 0. The van der Waals surface area contributed by atoms with Crippen molar-refractivity contribution in [1.29, 1.82) is 0 Å². The molecule has 0 spiro atoms. The molecule has 2 amide bonds. The Bertz CT molecular complexity index is 832. The summed E-state index contributed by atoms with van der Waals surface area (Å²) in [6.45, 7) is 3.38. The molecule has 0 bridgehead atoms. The summed E-state index contributed by atoms with van der Waals surface area (Å²) in [7, 11) is 0. The van der Waals surface area contributed by atoms with E-state index < -0.39 is 6.10 Å². The molecule has 2 aromatic carbocycles. The smallest absolute Gasteiger partial charge is 0.265 e. The highest BCUT2D eigenvalue weighted by atomic mass is 16.5. The van der Waals surface area contributed by atoms with Crippen LogP contribution in [-0.2, 0) is 22.4 Å². The Hall–Kier alpha value is -2.82. The van der Waals surface area contributed by atoms with Gasteiger partial charge in [0.05, 0.1) is 0 Å². The van der Waals surface area contributed by atoms with Gasteiger partial charge in [-0.25, -0.2) is 0 Å². The van der Waals surface area contributed by atoms with Crippen molar-refractivity contribution in [3.05, 3.63) is 53.6 Å². The zero-order chi connectivity index (χ0) is 19.2. The van der Waals surface area contributed by atoms with Gasteiger partial charge in [0.2, 0.25) is 5.91 Å². The number of aryl methyl sites for hydroxylation is 2. The monoisotopic (exact) mass is 366 g/mol. The van der Waals surface area contributed by atoms with E-state index in [1.165, 1.54) is 30.9 Å². The highest BCUT2D eigenvalue weighted by molar-refractivity contribution is 5.95. The minimum atomic E-state index is -0.573. The Morgan fingerprint density at radius 2 is 1.70 bits per heavy atom. The average Bonchev–Trinajstić information content (AvgIpc) is 2.65. The van der Waals surface area contributed by atoms with Crippen LogP contribution in [0, 0.1) is 0 Å². The number of carbonyl (C=O) groups is 2. The van der Waals surface area contributed by atoms with Gasteiger partial charge < -0.3 is 15.4 Å². The van der Waals surface area contributed by atoms with E-state index in [2.05, 4.69) is 22.8 Å². The maximum atomic E-state index is 12.6. The minimum Gasteiger partial charge on any atom is -0.481 e. The van der Waals surface area contributed by atoms with Crippen LogP contribution in [0.25, 0.3) is 0 Å². The molecule has 1 aliphatic carbocycles. The molecule has 0 radical (unpaired) electrons. The minimum absolute atomic E-state index is 0.152. The van der Waals surface area contributed by atoms with Crippen molar-refractivity contribution < 1.29 is 14.3 Å². The first-order valence-electron chi connectivity index (χ1n) is 9.52. The van der Waals surface area contributed by atoms with Crippen LogP contribution < -0.4 is 15.4 Å². The third-order valence-corrected chi connectivity index (χ3v) is 4.71. The number of hydrogen-bond acceptors (Lipinski definition) is 3. The molecule has 2 aromatic rings. The Balaban J connectivity index is 1.66. The van der Waals surface area contributed by atoms with Gasteiger partial charge in [0.1, 0.15) is 5.75 Å². The second kappa shape index (κ2) is 8.71. The lowest BCUT2D eigenvalue weighted by atomic mass is 9.92. The average molecular weight is 366 g/mol. The standard InChI is InChI=1S/C22H26N2O3/c1-3-21(27-20-12-11-16-7-4-5-8-17(16)13-20)22(26)24-19-10-6-9-18(14-19)23-15(2)25/h6,9-14,21H,3-5,7-8H2,1-2H3,(H,23,25)(H,24,26). The maximum Gasteiger partial charge on any atom is 0.265 e. The zero-order valence-corrected chi connectivity index (χ0v) is 15.9. The lowest BCUT2D eigenvalue weighted by molar-refractivity contribution is -0.122. The molecule has 5 nitrogen and oxygen atoms in total. The number of anilines is 2. The van der Waals surface area contributed by atoms with E-state index in [1.54, 1.807) is 24.3 Å². The van der Waals surface area contributed by atoms with Crippen LogP contribution >= 0.6 is 0 Å².